The zero-order valence-corrected chi connectivity index (χ0v) is 13.5. The van der Waals surface area contributed by atoms with E-state index in [9.17, 15) is 4.79 Å². The minimum Gasteiger partial charge on any atom is -0.341 e. The Morgan fingerprint density at radius 2 is 2.17 bits per heavy atom. The largest absolute Gasteiger partial charge is 0.341 e. The minimum atomic E-state index is 0.198. The van der Waals surface area contributed by atoms with Crippen molar-refractivity contribution in [3.05, 3.63) is 30.4 Å². The lowest BCUT2D eigenvalue weighted by atomic mass is 10.3. The highest BCUT2D eigenvalue weighted by Crippen LogP contribution is 2.09. The molecule has 124 valence electrons. The van der Waals surface area contributed by atoms with Gasteiger partial charge in [-0.25, -0.2) is 0 Å². The van der Waals surface area contributed by atoms with Crippen LogP contribution in [0.2, 0.25) is 0 Å². The van der Waals surface area contributed by atoms with Crippen LogP contribution in [-0.4, -0.2) is 66.7 Å². The van der Waals surface area contributed by atoms with Crippen molar-refractivity contribution in [2.45, 2.75) is 25.9 Å². The molecule has 2 aromatic rings. The quantitative estimate of drug-likeness (QED) is 0.784. The molecule has 8 nitrogen and oxygen atoms in total. The Morgan fingerprint density at radius 1 is 1.26 bits per heavy atom. The first-order valence-corrected chi connectivity index (χ1v) is 8.02. The van der Waals surface area contributed by atoms with Crippen LogP contribution in [0.1, 0.15) is 18.4 Å². The van der Waals surface area contributed by atoms with Gasteiger partial charge in [0, 0.05) is 64.1 Å². The molecule has 3 rings (SSSR count). The maximum absolute atomic E-state index is 12.3. The summed E-state index contributed by atoms with van der Waals surface area (Å²) in [5, 5.41) is 11.9. The zero-order valence-electron chi connectivity index (χ0n) is 13.5. The first-order chi connectivity index (χ1) is 11.2. The van der Waals surface area contributed by atoms with E-state index in [0.717, 1.165) is 39.1 Å². The van der Waals surface area contributed by atoms with Gasteiger partial charge in [0.25, 0.3) is 0 Å². The van der Waals surface area contributed by atoms with Gasteiger partial charge in [-0.2, -0.15) is 5.10 Å². The lowest BCUT2D eigenvalue weighted by molar-refractivity contribution is -0.131. The minimum absolute atomic E-state index is 0.198. The number of carbonyl (C=O) groups is 1. The van der Waals surface area contributed by atoms with Crippen molar-refractivity contribution in [1.29, 1.82) is 0 Å². The van der Waals surface area contributed by atoms with Crippen LogP contribution >= 0.6 is 0 Å². The molecule has 0 spiro atoms. The molecule has 8 heteroatoms. The molecule has 0 saturated carbocycles. The number of aromatic nitrogens is 5. The molecule has 1 fully saturated rings. The third-order valence-electron chi connectivity index (χ3n) is 4.13. The second kappa shape index (κ2) is 7.36. The highest BCUT2D eigenvalue weighted by atomic mass is 16.2. The van der Waals surface area contributed by atoms with Crippen molar-refractivity contribution >= 4 is 5.91 Å². The molecule has 0 aromatic carbocycles. The first kappa shape index (κ1) is 15.7. The molecule has 0 bridgehead atoms. The highest BCUT2D eigenvalue weighted by molar-refractivity contribution is 5.76. The Kier molecular flexibility index (Phi) is 5.02. The Balaban J connectivity index is 1.46. The SMILES string of the molecule is Cn1cc(CN2CCCN(C(=O)CCn3ccnn3)CC2)cn1. The number of hydrogen-bond donors (Lipinski definition) is 0. The van der Waals surface area contributed by atoms with Crippen molar-refractivity contribution in [3.8, 4) is 0 Å². The number of nitrogens with zero attached hydrogens (tertiary/aromatic N) is 7. The maximum atomic E-state index is 12.3. The number of amides is 1. The third kappa shape index (κ3) is 4.38. The van der Waals surface area contributed by atoms with Gasteiger partial charge in [0.1, 0.15) is 0 Å². The molecule has 0 atom stereocenters. The monoisotopic (exact) mass is 317 g/mol. The Bertz CT molecular complexity index is 622. The van der Waals surface area contributed by atoms with Crippen LogP contribution in [0.25, 0.3) is 0 Å². The summed E-state index contributed by atoms with van der Waals surface area (Å²) in [6, 6.07) is 0. The van der Waals surface area contributed by atoms with Gasteiger partial charge in [0.2, 0.25) is 5.91 Å². The average molecular weight is 317 g/mol. The predicted molar refractivity (Wildman–Crippen MR) is 84.3 cm³/mol. The fraction of sp³-hybridized carbons (Fsp3) is 0.600. The number of hydrogen-bond acceptors (Lipinski definition) is 5. The molecule has 1 aliphatic rings. The molecule has 0 aliphatic carbocycles. The lowest BCUT2D eigenvalue weighted by Crippen LogP contribution is -2.35. The molecular weight excluding hydrogens is 294 g/mol. The Labute approximate surface area is 135 Å². The second-order valence-corrected chi connectivity index (χ2v) is 5.95. The van der Waals surface area contributed by atoms with Crippen molar-refractivity contribution < 1.29 is 4.79 Å². The van der Waals surface area contributed by atoms with Crippen LogP contribution in [0.3, 0.4) is 0 Å². The van der Waals surface area contributed by atoms with E-state index in [0.29, 0.717) is 13.0 Å². The predicted octanol–water partition coefficient (Wildman–Crippen LogP) is 0.136. The van der Waals surface area contributed by atoms with Crippen LogP contribution in [0.5, 0.6) is 0 Å². The summed E-state index contributed by atoms with van der Waals surface area (Å²) in [6.07, 6.45) is 8.86. The van der Waals surface area contributed by atoms with Crippen LogP contribution < -0.4 is 0 Å². The van der Waals surface area contributed by atoms with E-state index in [4.69, 9.17) is 0 Å². The molecule has 3 heterocycles. The van der Waals surface area contributed by atoms with Gasteiger partial charge < -0.3 is 4.90 Å². The van der Waals surface area contributed by atoms with E-state index in [1.54, 1.807) is 17.1 Å². The summed E-state index contributed by atoms with van der Waals surface area (Å²) in [5.41, 5.74) is 1.22. The summed E-state index contributed by atoms with van der Waals surface area (Å²) in [5.74, 6) is 0.198. The normalized spacial score (nSPS) is 16.5. The van der Waals surface area contributed by atoms with Gasteiger partial charge >= 0.3 is 0 Å². The highest BCUT2D eigenvalue weighted by Gasteiger charge is 2.19. The zero-order chi connectivity index (χ0) is 16.1. The topological polar surface area (TPSA) is 72.1 Å². The van der Waals surface area contributed by atoms with Crippen LogP contribution in [0.15, 0.2) is 24.8 Å². The lowest BCUT2D eigenvalue weighted by Gasteiger charge is -2.21. The van der Waals surface area contributed by atoms with E-state index < -0.39 is 0 Å². The summed E-state index contributed by atoms with van der Waals surface area (Å²) >= 11 is 0. The van der Waals surface area contributed by atoms with Crippen LogP contribution in [0, 0.1) is 0 Å². The molecule has 0 radical (unpaired) electrons. The molecule has 1 saturated heterocycles. The van der Waals surface area contributed by atoms with E-state index in [2.05, 4.69) is 20.3 Å². The average Bonchev–Trinajstić information content (AvgIpc) is 3.13. The van der Waals surface area contributed by atoms with Gasteiger partial charge in [0.15, 0.2) is 0 Å². The van der Waals surface area contributed by atoms with Gasteiger partial charge in [-0.15, -0.1) is 5.10 Å². The summed E-state index contributed by atoms with van der Waals surface area (Å²) in [4.78, 5) is 16.7. The van der Waals surface area contributed by atoms with E-state index >= 15 is 0 Å². The number of rotatable bonds is 5. The van der Waals surface area contributed by atoms with Gasteiger partial charge in [0.05, 0.1) is 18.9 Å². The standard InChI is InChI=1S/C15H23N7O/c1-19-12-14(11-17-19)13-20-5-2-6-21(10-9-20)15(23)3-7-22-8-4-16-18-22/h4,8,11-12H,2-3,5-7,9-10,13H2,1H3. The number of aryl methyl sites for hydroxylation is 2. The van der Waals surface area contributed by atoms with Crippen LogP contribution in [-0.2, 0) is 24.9 Å². The fourth-order valence-corrected chi connectivity index (χ4v) is 2.91. The van der Waals surface area contributed by atoms with Gasteiger partial charge in [-0.1, -0.05) is 5.21 Å². The van der Waals surface area contributed by atoms with E-state index in [1.807, 2.05) is 29.0 Å². The third-order valence-corrected chi connectivity index (χ3v) is 4.13. The Morgan fingerprint density at radius 3 is 2.91 bits per heavy atom. The molecule has 1 amide bonds. The van der Waals surface area contributed by atoms with Crippen LogP contribution in [0.4, 0.5) is 0 Å². The molecule has 23 heavy (non-hydrogen) atoms. The molecule has 1 aliphatic heterocycles. The molecule has 0 N–H and O–H groups in total. The first-order valence-electron chi connectivity index (χ1n) is 8.02. The van der Waals surface area contributed by atoms with E-state index in [1.165, 1.54) is 5.56 Å². The molecular formula is C15H23N7O. The molecule has 0 unspecified atom stereocenters. The maximum Gasteiger partial charge on any atom is 0.224 e. The van der Waals surface area contributed by atoms with Gasteiger partial charge in [-0.05, 0) is 6.42 Å². The summed E-state index contributed by atoms with van der Waals surface area (Å²) in [7, 11) is 1.93. The smallest absolute Gasteiger partial charge is 0.224 e. The van der Waals surface area contributed by atoms with Crippen molar-refractivity contribution in [1.82, 2.24) is 34.6 Å². The second-order valence-electron chi connectivity index (χ2n) is 5.95. The van der Waals surface area contributed by atoms with E-state index in [-0.39, 0.29) is 5.91 Å². The summed E-state index contributed by atoms with van der Waals surface area (Å²) < 4.78 is 3.53. The summed E-state index contributed by atoms with van der Waals surface area (Å²) in [6.45, 7) is 5.03. The fourth-order valence-electron chi connectivity index (χ4n) is 2.91. The number of carbonyl (C=O) groups excluding carboxylic acids is 1. The Hall–Kier alpha value is -2.22. The van der Waals surface area contributed by atoms with Gasteiger partial charge in [-0.3, -0.25) is 19.1 Å². The van der Waals surface area contributed by atoms with Crippen molar-refractivity contribution in [2.24, 2.45) is 7.05 Å². The molecule has 2 aromatic heterocycles. The van der Waals surface area contributed by atoms with Crippen molar-refractivity contribution in [3.63, 3.8) is 0 Å². The van der Waals surface area contributed by atoms with Crippen molar-refractivity contribution in [2.75, 3.05) is 26.2 Å².